The van der Waals surface area contributed by atoms with Gasteiger partial charge in [-0.15, -0.1) is 0 Å². The summed E-state index contributed by atoms with van der Waals surface area (Å²) in [6.45, 7) is 1.83. The molecule has 0 radical (unpaired) electrons. The van der Waals surface area contributed by atoms with Crippen LogP contribution in [0.4, 0.5) is 0 Å². The molecule has 0 aromatic heterocycles. The summed E-state index contributed by atoms with van der Waals surface area (Å²) < 4.78 is 14.5. The summed E-state index contributed by atoms with van der Waals surface area (Å²) in [5.41, 5.74) is 6.77. The van der Waals surface area contributed by atoms with Crippen LogP contribution in [-0.2, 0) is 33.1 Å². The maximum absolute atomic E-state index is 14.9. The van der Waals surface area contributed by atoms with Gasteiger partial charge < -0.3 is 0 Å². The van der Waals surface area contributed by atoms with Crippen LogP contribution < -0.4 is 0 Å². The van der Waals surface area contributed by atoms with Crippen LogP contribution in [0.1, 0.15) is 40.3 Å². The van der Waals surface area contributed by atoms with Crippen molar-refractivity contribution >= 4 is 32.7 Å². The molecule has 246 valence electrons. The molecular weight excluding hydrogens is 769 g/mol. The van der Waals surface area contributed by atoms with E-state index in [-0.39, 0.29) is 8.65 Å². The zero-order valence-corrected chi connectivity index (χ0v) is 30.0. The van der Waals surface area contributed by atoms with E-state index in [1.807, 2.05) is 6.92 Å². The normalized spacial score (nSPS) is 12.0. The molecule has 0 saturated heterocycles. The Hall–Kier alpha value is -4.47. The Labute approximate surface area is 289 Å². The van der Waals surface area contributed by atoms with Crippen molar-refractivity contribution in [2.45, 2.75) is 9.79 Å². The molecule has 6 rings (SSSR count). The van der Waals surface area contributed by atoms with Crippen molar-refractivity contribution in [1.29, 1.82) is 0 Å². The second-order valence-electron chi connectivity index (χ2n) is 11.1. The summed E-state index contributed by atoms with van der Waals surface area (Å²) in [7, 11) is 0. The van der Waals surface area contributed by atoms with E-state index in [0.717, 1.165) is 33.4 Å². The zero-order valence-electron chi connectivity index (χ0n) is 26.9. The summed E-state index contributed by atoms with van der Waals surface area (Å²) in [5.74, 6) is 0.210. The predicted octanol–water partition coefficient (Wildman–Crippen LogP) is 8.73. The first-order valence-electron chi connectivity index (χ1n) is 15.6. The van der Waals surface area contributed by atoms with Gasteiger partial charge in [-0.05, 0) is 0 Å². The van der Waals surface area contributed by atoms with Crippen molar-refractivity contribution in [1.82, 2.24) is 0 Å². The zero-order chi connectivity index (χ0) is 33.1. The summed E-state index contributed by atoms with van der Waals surface area (Å²) in [5, 5.41) is 0. The van der Waals surface area contributed by atoms with Gasteiger partial charge in [-0.2, -0.15) is 0 Å². The van der Waals surface area contributed by atoms with Crippen molar-refractivity contribution in [2.75, 3.05) is 0 Å². The van der Waals surface area contributed by atoms with Gasteiger partial charge in [0, 0.05) is 0 Å². The van der Waals surface area contributed by atoms with Crippen molar-refractivity contribution < 1.29 is 33.1 Å². The van der Waals surface area contributed by atoms with Crippen LogP contribution in [0.25, 0.3) is 0 Å². The number of Topliss-reactive ketones (excluding diaryl/α,β-unsaturated/α-hetero) is 1. The topological polar surface area (TPSA) is 17.1 Å². The van der Waals surface area contributed by atoms with E-state index in [2.05, 4.69) is 209 Å². The van der Waals surface area contributed by atoms with Crippen molar-refractivity contribution in [3.05, 3.63) is 215 Å². The monoisotopic (exact) mass is 808 g/mol. The molecule has 0 aliphatic heterocycles. The molecule has 3 heteroatoms. The Kier molecular flexibility index (Phi) is 11.2. The van der Waals surface area contributed by atoms with Gasteiger partial charge in [-0.3, -0.25) is 0 Å². The number of hydrogen-bond donors (Lipinski definition) is 0. The summed E-state index contributed by atoms with van der Waals surface area (Å²) >= 11 is -6.48. The van der Waals surface area contributed by atoms with E-state index in [1.54, 1.807) is 0 Å². The van der Waals surface area contributed by atoms with Crippen LogP contribution in [0.5, 0.6) is 0 Å². The standard InChI is InChI=1S/6C7H6.C3H4O.2Pd/c6*1-7-5-3-2-4-6-7;1-3(2)4;;/h6*1-6H;1H,2H3;;. The molecule has 0 spiro atoms. The molecule has 0 fully saturated rings. The molecule has 6 aromatic rings. The van der Waals surface area contributed by atoms with Gasteiger partial charge >= 0.3 is 291 Å². The summed E-state index contributed by atoms with van der Waals surface area (Å²) in [4.78, 5) is 14.9. The number of ketones is 1. The first-order valence-corrected chi connectivity index (χ1v) is 22.8. The molecule has 0 atom stereocenters. The van der Waals surface area contributed by atoms with Crippen LogP contribution in [0.3, 0.4) is 0 Å². The Balaban J connectivity index is 1.92. The van der Waals surface area contributed by atoms with Crippen LogP contribution >= 0.6 is 0 Å². The minimum absolute atomic E-state index is 0.210. The predicted molar refractivity (Wildman–Crippen MR) is 204 cm³/mol. The van der Waals surface area contributed by atoms with Crippen molar-refractivity contribution in [3.8, 4) is 0 Å². The Bertz CT molecular complexity index is 1960. The molecule has 0 amide bonds. The SMILES string of the molecule is CC(=O)[CH]([Pd](=[CH]c1ccccc1)(=[CH]c1ccccc1)=[CH]c1ccccc1)[Pd](=[CH]c1ccccc1)(=[CH]c1ccccc1)=[CH]c1ccccc1. The van der Waals surface area contributed by atoms with E-state index in [4.69, 9.17) is 0 Å². The third kappa shape index (κ3) is 8.51. The van der Waals surface area contributed by atoms with Crippen LogP contribution in [-0.4, -0.2) is 32.7 Å². The number of carbonyl (C=O) groups excluding carboxylic acids is 1. The van der Waals surface area contributed by atoms with Gasteiger partial charge in [0.05, 0.1) is 0 Å². The van der Waals surface area contributed by atoms with Crippen LogP contribution in [0, 0.1) is 0 Å². The number of rotatable bonds is 9. The van der Waals surface area contributed by atoms with E-state index in [9.17, 15) is 4.79 Å². The van der Waals surface area contributed by atoms with Crippen molar-refractivity contribution in [2.24, 2.45) is 0 Å². The van der Waals surface area contributed by atoms with Gasteiger partial charge in [-0.1, -0.05) is 0 Å². The minimum atomic E-state index is -3.24. The fraction of sp³-hybridized carbons (Fsp3) is 0.0444. The molecule has 0 N–H and O–H groups in total. The maximum atomic E-state index is 14.9. The van der Waals surface area contributed by atoms with Gasteiger partial charge in [0.2, 0.25) is 0 Å². The molecule has 0 aliphatic rings. The molecular formula is C45H40OPd2. The molecule has 0 saturated carbocycles. The number of carbonyl (C=O) groups is 1. The average Bonchev–Trinajstić information content (AvgIpc) is 3.11. The Morgan fingerprint density at radius 1 is 0.354 bits per heavy atom. The fourth-order valence-electron chi connectivity index (χ4n) is 5.21. The molecule has 6 aromatic carbocycles. The third-order valence-corrected chi connectivity index (χ3v) is 24.5. The van der Waals surface area contributed by atoms with E-state index < -0.39 is 28.3 Å². The van der Waals surface area contributed by atoms with Gasteiger partial charge in [-0.25, -0.2) is 0 Å². The fourth-order valence-corrected chi connectivity index (χ4v) is 25.4. The summed E-state index contributed by atoms with van der Waals surface area (Å²) in [6.07, 6.45) is 0. The first-order chi connectivity index (χ1) is 23.5. The van der Waals surface area contributed by atoms with Gasteiger partial charge in [0.25, 0.3) is 0 Å². The molecule has 0 bridgehead atoms. The molecule has 1 nitrogen and oxygen atoms in total. The van der Waals surface area contributed by atoms with Crippen LogP contribution in [0.15, 0.2) is 182 Å². The van der Waals surface area contributed by atoms with E-state index in [1.165, 1.54) is 0 Å². The Morgan fingerprint density at radius 3 is 0.667 bits per heavy atom. The van der Waals surface area contributed by atoms with E-state index in [0.29, 0.717) is 0 Å². The Morgan fingerprint density at radius 2 is 0.521 bits per heavy atom. The first kappa shape index (κ1) is 33.4. The van der Waals surface area contributed by atoms with Crippen LogP contribution in [0.2, 0.25) is 2.86 Å². The molecule has 48 heavy (non-hydrogen) atoms. The average molecular weight is 810 g/mol. The molecule has 0 heterocycles. The quantitative estimate of drug-likeness (QED) is 0.134. The molecule has 0 unspecified atom stereocenters. The summed E-state index contributed by atoms with van der Waals surface area (Å²) in [6, 6.07) is 63.5. The van der Waals surface area contributed by atoms with Crippen molar-refractivity contribution in [3.63, 3.8) is 0 Å². The number of benzene rings is 6. The second-order valence-corrected chi connectivity index (χ2v) is 22.9. The third-order valence-electron chi connectivity index (χ3n) is 7.15. The number of hydrogen-bond acceptors (Lipinski definition) is 1. The van der Waals surface area contributed by atoms with E-state index >= 15 is 0 Å². The van der Waals surface area contributed by atoms with Gasteiger partial charge in [0.1, 0.15) is 0 Å². The second kappa shape index (κ2) is 16.1. The molecule has 0 aliphatic carbocycles. The van der Waals surface area contributed by atoms with Gasteiger partial charge in [0.15, 0.2) is 0 Å².